The van der Waals surface area contributed by atoms with Crippen molar-refractivity contribution in [3.8, 4) is 0 Å². The average molecular weight is 280 g/mol. The number of hydrogen-bond acceptors (Lipinski definition) is 2. The van der Waals surface area contributed by atoms with Crippen molar-refractivity contribution in [2.45, 2.75) is 71.4 Å². The summed E-state index contributed by atoms with van der Waals surface area (Å²) in [7, 11) is 0. The van der Waals surface area contributed by atoms with Crippen LogP contribution < -0.4 is 5.32 Å². The van der Waals surface area contributed by atoms with Crippen molar-refractivity contribution in [2.24, 2.45) is 11.8 Å². The Morgan fingerprint density at radius 1 is 1.25 bits per heavy atom. The van der Waals surface area contributed by atoms with Crippen LogP contribution in [0.2, 0.25) is 0 Å². The predicted octanol–water partition coefficient (Wildman–Crippen LogP) is 2.33. The second-order valence-electron chi connectivity index (χ2n) is 6.77. The zero-order valence-corrected chi connectivity index (χ0v) is 13.0. The summed E-state index contributed by atoms with van der Waals surface area (Å²) < 4.78 is 0. The van der Waals surface area contributed by atoms with Crippen LogP contribution in [0.1, 0.15) is 59.3 Å². The van der Waals surface area contributed by atoms with Gasteiger partial charge in [0.25, 0.3) is 0 Å². The summed E-state index contributed by atoms with van der Waals surface area (Å²) in [5.74, 6) is 1.38. The van der Waals surface area contributed by atoms with Crippen molar-refractivity contribution < 1.29 is 9.59 Å². The maximum atomic E-state index is 12.7. The van der Waals surface area contributed by atoms with Gasteiger partial charge in [-0.05, 0) is 31.1 Å². The van der Waals surface area contributed by atoms with E-state index in [4.69, 9.17) is 0 Å². The summed E-state index contributed by atoms with van der Waals surface area (Å²) in [6.45, 7) is 6.93. The molecule has 4 nitrogen and oxygen atoms in total. The Bertz CT molecular complexity index is 363. The first kappa shape index (κ1) is 15.3. The van der Waals surface area contributed by atoms with E-state index in [-0.39, 0.29) is 17.9 Å². The van der Waals surface area contributed by atoms with E-state index >= 15 is 0 Å². The van der Waals surface area contributed by atoms with E-state index in [9.17, 15) is 9.59 Å². The minimum absolute atomic E-state index is 0.0211. The maximum absolute atomic E-state index is 12.7. The summed E-state index contributed by atoms with van der Waals surface area (Å²) in [5, 5.41) is 2.91. The van der Waals surface area contributed by atoms with Gasteiger partial charge in [-0.25, -0.2) is 0 Å². The van der Waals surface area contributed by atoms with Gasteiger partial charge in [0.05, 0.1) is 0 Å². The van der Waals surface area contributed by atoms with Crippen LogP contribution in [-0.2, 0) is 9.59 Å². The Labute approximate surface area is 122 Å². The highest BCUT2D eigenvalue weighted by molar-refractivity contribution is 5.90. The molecule has 1 N–H and O–H groups in total. The first-order valence-electron chi connectivity index (χ1n) is 8.11. The van der Waals surface area contributed by atoms with Gasteiger partial charge in [-0.3, -0.25) is 9.59 Å². The molecule has 2 unspecified atom stereocenters. The Morgan fingerprint density at radius 3 is 2.50 bits per heavy atom. The van der Waals surface area contributed by atoms with Crippen LogP contribution in [0.3, 0.4) is 0 Å². The lowest BCUT2D eigenvalue weighted by Gasteiger charge is -2.32. The van der Waals surface area contributed by atoms with Crippen molar-refractivity contribution in [3.05, 3.63) is 0 Å². The van der Waals surface area contributed by atoms with Gasteiger partial charge in [-0.1, -0.05) is 33.6 Å². The fourth-order valence-electron chi connectivity index (χ4n) is 3.11. The fraction of sp³-hybridized carbons (Fsp3) is 0.875. The lowest BCUT2D eigenvalue weighted by Crippen LogP contribution is -2.49. The van der Waals surface area contributed by atoms with E-state index in [1.165, 1.54) is 12.8 Å². The molecule has 0 aromatic carbocycles. The summed E-state index contributed by atoms with van der Waals surface area (Å²) in [6.07, 6.45) is 5.91. The monoisotopic (exact) mass is 280 g/mol. The normalized spacial score (nSPS) is 25.6. The molecule has 1 saturated heterocycles. The van der Waals surface area contributed by atoms with Gasteiger partial charge in [-0.15, -0.1) is 0 Å². The lowest BCUT2D eigenvalue weighted by atomic mass is 10.0. The van der Waals surface area contributed by atoms with E-state index in [1.54, 1.807) is 0 Å². The molecule has 114 valence electrons. The van der Waals surface area contributed by atoms with Crippen molar-refractivity contribution in [3.63, 3.8) is 0 Å². The topological polar surface area (TPSA) is 49.4 Å². The minimum atomic E-state index is -0.321. The van der Waals surface area contributed by atoms with Crippen LogP contribution in [0.4, 0.5) is 0 Å². The predicted molar refractivity (Wildman–Crippen MR) is 79.1 cm³/mol. The largest absolute Gasteiger partial charge is 0.344 e. The molecule has 2 amide bonds. The van der Waals surface area contributed by atoms with Crippen LogP contribution in [0, 0.1) is 11.8 Å². The smallest absolute Gasteiger partial charge is 0.245 e. The van der Waals surface area contributed by atoms with Gasteiger partial charge >= 0.3 is 0 Å². The number of hydrogen-bond donors (Lipinski definition) is 1. The molecule has 1 saturated carbocycles. The fourth-order valence-corrected chi connectivity index (χ4v) is 3.11. The Morgan fingerprint density at radius 2 is 1.95 bits per heavy atom. The summed E-state index contributed by atoms with van der Waals surface area (Å²) in [5.41, 5.74) is 0. The number of amides is 2. The van der Waals surface area contributed by atoms with Crippen LogP contribution in [-0.4, -0.2) is 35.3 Å². The Kier molecular flexibility index (Phi) is 5.06. The van der Waals surface area contributed by atoms with Gasteiger partial charge in [0.2, 0.25) is 11.8 Å². The molecule has 2 rings (SSSR count). The van der Waals surface area contributed by atoms with Crippen molar-refractivity contribution in [1.29, 1.82) is 0 Å². The average Bonchev–Trinajstić information content (AvgIpc) is 3.19. The molecule has 0 radical (unpaired) electrons. The second-order valence-corrected chi connectivity index (χ2v) is 6.77. The van der Waals surface area contributed by atoms with Crippen molar-refractivity contribution in [1.82, 2.24) is 10.2 Å². The molecule has 0 aromatic heterocycles. The Hall–Kier alpha value is -1.06. The molecule has 0 spiro atoms. The van der Waals surface area contributed by atoms with E-state index in [0.29, 0.717) is 24.9 Å². The molecular weight excluding hydrogens is 252 g/mol. The quantitative estimate of drug-likeness (QED) is 0.812. The molecule has 20 heavy (non-hydrogen) atoms. The van der Waals surface area contributed by atoms with Crippen LogP contribution in [0.25, 0.3) is 0 Å². The van der Waals surface area contributed by atoms with Gasteiger partial charge in [0.1, 0.15) is 6.04 Å². The number of nitrogens with zero attached hydrogens (tertiary/aromatic N) is 1. The van der Waals surface area contributed by atoms with Gasteiger partial charge in [0, 0.05) is 19.0 Å². The van der Waals surface area contributed by atoms with Gasteiger partial charge in [-0.2, -0.15) is 0 Å². The molecule has 4 heteroatoms. The molecule has 1 aliphatic heterocycles. The van der Waals surface area contributed by atoms with Crippen molar-refractivity contribution >= 4 is 11.8 Å². The van der Waals surface area contributed by atoms with E-state index < -0.39 is 0 Å². The molecule has 2 aliphatic rings. The standard InChI is InChI=1S/C16H28N2O2/c1-4-13(10-12-5-6-12)18-8-7-15(19)17-14(16(18)20)9-11(2)3/h11-14H,4-10H2,1-3H3,(H,17,19). The number of rotatable bonds is 6. The maximum Gasteiger partial charge on any atom is 0.245 e. The molecular formula is C16H28N2O2. The Balaban J connectivity index is 2.08. The number of carbonyl (C=O) groups excluding carboxylic acids is 2. The van der Waals surface area contributed by atoms with E-state index in [0.717, 1.165) is 25.2 Å². The molecule has 2 fully saturated rings. The molecule has 0 aromatic rings. The number of nitrogens with one attached hydrogen (secondary N) is 1. The van der Waals surface area contributed by atoms with Gasteiger partial charge in [0.15, 0.2) is 0 Å². The van der Waals surface area contributed by atoms with Crippen LogP contribution in [0.5, 0.6) is 0 Å². The minimum Gasteiger partial charge on any atom is -0.344 e. The zero-order valence-electron chi connectivity index (χ0n) is 13.0. The summed E-state index contributed by atoms with van der Waals surface area (Å²) in [6, 6.07) is -0.00406. The third-order valence-corrected chi connectivity index (χ3v) is 4.42. The first-order valence-corrected chi connectivity index (χ1v) is 8.11. The molecule has 1 aliphatic carbocycles. The molecule has 1 heterocycles. The number of carbonyl (C=O) groups is 2. The van der Waals surface area contributed by atoms with Crippen LogP contribution in [0.15, 0.2) is 0 Å². The second kappa shape index (κ2) is 6.59. The van der Waals surface area contributed by atoms with E-state index in [1.807, 2.05) is 4.90 Å². The highest BCUT2D eigenvalue weighted by atomic mass is 16.2. The van der Waals surface area contributed by atoms with Gasteiger partial charge < -0.3 is 10.2 Å². The molecule has 0 bridgehead atoms. The highest BCUT2D eigenvalue weighted by Crippen LogP contribution is 2.35. The molecule has 2 atom stereocenters. The first-order chi connectivity index (χ1) is 9.51. The van der Waals surface area contributed by atoms with E-state index in [2.05, 4.69) is 26.1 Å². The summed E-state index contributed by atoms with van der Waals surface area (Å²) >= 11 is 0. The third kappa shape index (κ3) is 3.97. The third-order valence-electron chi connectivity index (χ3n) is 4.42. The SMILES string of the molecule is CCC(CC1CC1)N1CCC(=O)NC(CC(C)C)C1=O. The van der Waals surface area contributed by atoms with Crippen molar-refractivity contribution in [2.75, 3.05) is 6.54 Å². The summed E-state index contributed by atoms with van der Waals surface area (Å²) in [4.78, 5) is 26.6. The zero-order chi connectivity index (χ0) is 14.7. The highest BCUT2D eigenvalue weighted by Gasteiger charge is 2.35. The van der Waals surface area contributed by atoms with Crippen LogP contribution >= 0.6 is 0 Å². The lowest BCUT2D eigenvalue weighted by molar-refractivity contribution is -0.136.